The predicted octanol–water partition coefficient (Wildman–Crippen LogP) is 4.24. The van der Waals surface area contributed by atoms with E-state index in [1.54, 1.807) is 13.8 Å². The van der Waals surface area contributed by atoms with Crippen molar-refractivity contribution in [2.45, 2.75) is 104 Å². The SMILES string of the molecule is CC(C)[C@H](NC(=O)OCc1ccccc1)C(=O)N[C@@H](Cc1ccccc1)[C@H](O)[C@@H](NCc1ccccc1)C(=O)N[C@H](C(=O)NC(C)(C)C)C(C)C. The minimum atomic E-state index is -1.46. The number of hydrogen-bond donors (Lipinski definition) is 6. The smallest absolute Gasteiger partial charge is 0.408 e. The summed E-state index contributed by atoms with van der Waals surface area (Å²) in [6.45, 7) is 13.1. The van der Waals surface area contributed by atoms with Crippen LogP contribution < -0.4 is 26.6 Å². The average Bonchev–Trinajstić information content (AvgIpc) is 3.08. The topological polar surface area (TPSA) is 158 Å². The van der Waals surface area contributed by atoms with Crippen LogP contribution in [0.2, 0.25) is 0 Å². The van der Waals surface area contributed by atoms with E-state index in [1.165, 1.54) is 0 Å². The summed E-state index contributed by atoms with van der Waals surface area (Å²) in [5, 5.41) is 26.6. The van der Waals surface area contributed by atoms with Crippen molar-refractivity contribution in [3.63, 3.8) is 0 Å². The van der Waals surface area contributed by atoms with Gasteiger partial charge in [0, 0.05) is 12.1 Å². The molecule has 0 saturated carbocycles. The van der Waals surface area contributed by atoms with Crippen LogP contribution >= 0.6 is 0 Å². The molecule has 4 amide bonds. The van der Waals surface area contributed by atoms with Gasteiger partial charge in [-0.3, -0.25) is 19.7 Å². The minimum absolute atomic E-state index is 0.0312. The molecule has 11 nitrogen and oxygen atoms in total. The number of benzene rings is 3. The number of alkyl carbamates (subject to hydrolysis) is 1. The van der Waals surface area contributed by atoms with Crippen molar-refractivity contribution in [3.05, 3.63) is 108 Å². The summed E-state index contributed by atoms with van der Waals surface area (Å²) < 4.78 is 5.38. The van der Waals surface area contributed by atoms with E-state index in [0.717, 1.165) is 16.7 Å². The number of carbonyl (C=O) groups excluding carboxylic acids is 4. The summed E-state index contributed by atoms with van der Waals surface area (Å²) in [5.41, 5.74) is 1.95. The van der Waals surface area contributed by atoms with Crippen LogP contribution in [0, 0.1) is 11.8 Å². The molecule has 0 spiro atoms. The number of aliphatic hydroxyl groups is 1. The second-order valence-electron chi connectivity index (χ2n) is 14.5. The van der Waals surface area contributed by atoms with E-state index in [0.29, 0.717) is 0 Å². The van der Waals surface area contributed by atoms with Crippen molar-refractivity contribution >= 4 is 23.8 Å². The Morgan fingerprint density at radius 3 is 1.61 bits per heavy atom. The molecular weight excluding hydrogens is 646 g/mol. The largest absolute Gasteiger partial charge is 0.445 e. The summed E-state index contributed by atoms with van der Waals surface area (Å²) in [6, 6.07) is 23.8. The third kappa shape index (κ3) is 13.8. The van der Waals surface area contributed by atoms with Gasteiger partial charge >= 0.3 is 6.09 Å². The number of amides is 4. The third-order valence-electron chi connectivity index (χ3n) is 8.21. The summed E-state index contributed by atoms with van der Waals surface area (Å²) in [6.07, 6.45) is -2.05. The van der Waals surface area contributed by atoms with Crippen LogP contribution in [0.4, 0.5) is 4.79 Å². The number of nitrogens with one attached hydrogen (secondary N) is 5. The first-order chi connectivity index (χ1) is 24.1. The Kier molecular flexibility index (Phi) is 15.6. The maximum atomic E-state index is 14.1. The molecule has 3 rings (SSSR count). The van der Waals surface area contributed by atoms with Gasteiger partial charge in [-0.2, -0.15) is 0 Å². The van der Waals surface area contributed by atoms with E-state index in [1.807, 2.05) is 126 Å². The molecule has 0 aliphatic heterocycles. The number of carbonyl (C=O) groups is 4. The fraction of sp³-hybridized carbons (Fsp3) is 0.450. The van der Waals surface area contributed by atoms with Gasteiger partial charge in [-0.15, -0.1) is 0 Å². The highest BCUT2D eigenvalue weighted by atomic mass is 16.5. The first-order valence-corrected chi connectivity index (χ1v) is 17.5. The molecule has 11 heteroatoms. The Labute approximate surface area is 302 Å². The van der Waals surface area contributed by atoms with Gasteiger partial charge in [0.2, 0.25) is 17.7 Å². The van der Waals surface area contributed by atoms with E-state index in [-0.39, 0.29) is 37.3 Å². The van der Waals surface area contributed by atoms with Gasteiger partial charge in [0.05, 0.1) is 12.1 Å². The van der Waals surface area contributed by atoms with E-state index < -0.39 is 53.7 Å². The Bertz CT molecular complexity index is 1530. The van der Waals surface area contributed by atoms with Crippen LogP contribution in [0.5, 0.6) is 0 Å². The van der Waals surface area contributed by atoms with Crippen molar-refractivity contribution in [3.8, 4) is 0 Å². The second-order valence-corrected chi connectivity index (χ2v) is 14.5. The number of rotatable bonds is 17. The lowest BCUT2D eigenvalue weighted by Gasteiger charge is -2.34. The average molecular weight is 702 g/mol. The number of hydrogen-bond acceptors (Lipinski definition) is 7. The highest BCUT2D eigenvalue weighted by Crippen LogP contribution is 2.14. The van der Waals surface area contributed by atoms with Crippen molar-refractivity contribution in [1.29, 1.82) is 0 Å². The summed E-state index contributed by atoms with van der Waals surface area (Å²) in [4.78, 5) is 54.1. The molecule has 3 aromatic rings. The maximum absolute atomic E-state index is 14.1. The minimum Gasteiger partial charge on any atom is -0.445 e. The molecule has 0 radical (unpaired) electrons. The van der Waals surface area contributed by atoms with Crippen LogP contribution in [0.1, 0.15) is 65.2 Å². The van der Waals surface area contributed by atoms with Gasteiger partial charge in [0.15, 0.2) is 0 Å². The zero-order valence-corrected chi connectivity index (χ0v) is 30.8. The molecule has 0 heterocycles. The zero-order chi connectivity index (χ0) is 37.6. The molecule has 0 saturated heterocycles. The highest BCUT2D eigenvalue weighted by Gasteiger charge is 2.38. The molecule has 0 aliphatic rings. The summed E-state index contributed by atoms with van der Waals surface area (Å²) >= 11 is 0. The van der Waals surface area contributed by atoms with E-state index in [4.69, 9.17) is 4.74 Å². The Morgan fingerprint density at radius 2 is 1.10 bits per heavy atom. The van der Waals surface area contributed by atoms with Crippen LogP contribution in [0.3, 0.4) is 0 Å². The quantitative estimate of drug-likeness (QED) is 0.123. The van der Waals surface area contributed by atoms with Gasteiger partial charge in [-0.25, -0.2) is 4.79 Å². The zero-order valence-electron chi connectivity index (χ0n) is 30.8. The van der Waals surface area contributed by atoms with Crippen LogP contribution in [0.25, 0.3) is 0 Å². The monoisotopic (exact) mass is 701 g/mol. The van der Waals surface area contributed by atoms with Crippen molar-refractivity contribution in [2.75, 3.05) is 0 Å². The molecule has 0 unspecified atom stereocenters. The Hall–Kier alpha value is -4.74. The molecule has 0 fully saturated rings. The van der Waals surface area contributed by atoms with Crippen molar-refractivity contribution in [1.82, 2.24) is 26.6 Å². The summed E-state index contributed by atoms with van der Waals surface area (Å²) in [5.74, 6) is -2.10. The molecular formula is C40H55N5O6. The summed E-state index contributed by atoms with van der Waals surface area (Å²) in [7, 11) is 0. The fourth-order valence-corrected chi connectivity index (χ4v) is 5.47. The maximum Gasteiger partial charge on any atom is 0.408 e. The van der Waals surface area contributed by atoms with Crippen molar-refractivity contribution < 1.29 is 29.0 Å². The standard InChI is InChI=1S/C40H55N5O6/c1-26(2)32(44-39(50)51-25-30-21-15-10-16-22-30)36(47)42-31(23-28-17-11-8-12-18-28)35(46)34(41-24-29-19-13-9-14-20-29)37(48)43-33(27(3)4)38(49)45-40(5,6)7/h8-22,26-27,31-35,41,46H,23-25H2,1-7H3,(H,42,47)(H,43,48)(H,44,50)(H,45,49)/t31-,32-,33-,34+,35-/m0/s1. The third-order valence-corrected chi connectivity index (χ3v) is 8.21. The molecule has 3 aromatic carbocycles. The highest BCUT2D eigenvalue weighted by molar-refractivity contribution is 5.91. The predicted molar refractivity (Wildman–Crippen MR) is 198 cm³/mol. The van der Waals surface area contributed by atoms with Gasteiger partial charge < -0.3 is 31.1 Å². The molecule has 276 valence electrons. The van der Waals surface area contributed by atoms with Gasteiger partial charge in [-0.1, -0.05) is 119 Å². The Balaban J connectivity index is 1.90. The lowest BCUT2D eigenvalue weighted by Crippen LogP contribution is -2.63. The fourth-order valence-electron chi connectivity index (χ4n) is 5.47. The molecule has 0 bridgehead atoms. The van der Waals surface area contributed by atoms with Crippen LogP contribution in [-0.4, -0.2) is 64.7 Å². The van der Waals surface area contributed by atoms with E-state index in [2.05, 4.69) is 26.6 Å². The molecule has 0 aliphatic carbocycles. The van der Waals surface area contributed by atoms with Crippen molar-refractivity contribution in [2.24, 2.45) is 11.8 Å². The second kappa shape index (κ2) is 19.6. The van der Waals surface area contributed by atoms with E-state index in [9.17, 15) is 24.3 Å². The molecule has 51 heavy (non-hydrogen) atoms. The molecule has 0 aromatic heterocycles. The van der Waals surface area contributed by atoms with E-state index >= 15 is 0 Å². The van der Waals surface area contributed by atoms with Gasteiger partial charge in [0.1, 0.15) is 24.7 Å². The lowest BCUT2D eigenvalue weighted by molar-refractivity contribution is -0.134. The first-order valence-electron chi connectivity index (χ1n) is 17.5. The number of aliphatic hydroxyl groups excluding tert-OH is 1. The Morgan fingerprint density at radius 1 is 0.627 bits per heavy atom. The normalized spacial score (nSPS) is 14.5. The van der Waals surface area contributed by atoms with Gasteiger partial charge in [0.25, 0.3) is 0 Å². The van der Waals surface area contributed by atoms with Gasteiger partial charge in [-0.05, 0) is 55.7 Å². The number of ether oxygens (including phenoxy) is 1. The van der Waals surface area contributed by atoms with Crippen LogP contribution in [-0.2, 0) is 38.7 Å². The van der Waals surface area contributed by atoms with Crippen LogP contribution in [0.15, 0.2) is 91.0 Å². The lowest BCUT2D eigenvalue weighted by atomic mass is 9.93. The molecule has 5 atom stereocenters. The first kappa shape index (κ1) is 40.7. The molecule has 6 N–H and O–H groups in total.